The molecule has 3 aromatic carbocycles. The molecule has 17 heteroatoms. The minimum Gasteiger partial charge on any atom is -0.396 e. The van der Waals surface area contributed by atoms with Crippen LogP contribution < -0.4 is 5.73 Å². The lowest BCUT2D eigenvalue weighted by Gasteiger charge is -2.21. The molecule has 15 nitrogen and oxygen atoms in total. The quantitative estimate of drug-likeness (QED) is 0.118. The lowest BCUT2D eigenvalue weighted by atomic mass is 9.91. The molecule has 0 aliphatic heterocycles. The Labute approximate surface area is 220 Å². The number of ketones is 1. The van der Waals surface area contributed by atoms with Crippen LogP contribution in [0.3, 0.4) is 0 Å². The van der Waals surface area contributed by atoms with E-state index in [1.165, 1.54) is 24.3 Å². The summed E-state index contributed by atoms with van der Waals surface area (Å²) >= 11 is 0. The molecule has 39 heavy (non-hydrogen) atoms. The number of benzene rings is 3. The fourth-order valence-corrected chi connectivity index (χ4v) is 5.00. The van der Waals surface area contributed by atoms with E-state index in [2.05, 4.69) is 20.5 Å². The molecule has 0 saturated carbocycles. The average molecular weight is 573 g/mol. The first-order valence-corrected chi connectivity index (χ1v) is 13.5. The van der Waals surface area contributed by atoms with Gasteiger partial charge in [0.2, 0.25) is 5.78 Å². The number of anilines is 1. The Kier molecular flexibility index (Phi) is 7.16. The van der Waals surface area contributed by atoms with Crippen molar-refractivity contribution in [1.29, 1.82) is 0 Å². The van der Waals surface area contributed by atoms with Crippen LogP contribution in [0, 0.1) is 10.1 Å². The second kappa shape index (κ2) is 10.2. The van der Waals surface area contributed by atoms with Crippen LogP contribution in [0.4, 0.5) is 28.4 Å². The molecule has 0 bridgehead atoms. The second-order valence-electron chi connectivity index (χ2n) is 7.91. The molecule has 3 aromatic rings. The summed E-state index contributed by atoms with van der Waals surface area (Å²) in [7, 11) is -10.1. The minimum atomic E-state index is -5.05. The van der Waals surface area contributed by atoms with Crippen LogP contribution in [0.15, 0.2) is 96.6 Å². The predicted octanol–water partition coefficient (Wildman–Crippen LogP) is 4.46. The summed E-state index contributed by atoms with van der Waals surface area (Å²) in [5.74, 6) is -1.12. The van der Waals surface area contributed by atoms with E-state index in [1.54, 1.807) is 18.2 Å². The number of Topliss-reactive ketones (excluding diaryl/α,β-unsaturated/α-hetero) is 1. The summed E-state index contributed by atoms with van der Waals surface area (Å²) in [6.07, 6.45) is -0.713. The third-order valence-corrected chi connectivity index (χ3v) is 7.21. The molecule has 0 aromatic heterocycles. The SMILES string of the molecule is Nc1c(N=Nc2ccc([N+](=O)[O-])cc2)c(S(=O)(=O)O)cc2c1C(=O)C(N=Nc1ccccc1)=C(S(=O)(=O)O)C2. The molecular formula is C22H16N6O9S2. The highest BCUT2D eigenvalue weighted by molar-refractivity contribution is 7.89. The van der Waals surface area contributed by atoms with Crippen molar-refractivity contribution in [2.24, 2.45) is 20.5 Å². The fraction of sp³-hybridized carbons (Fsp3) is 0.0455. The molecule has 0 amide bonds. The van der Waals surface area contributed by atoms with Gasteiger partial charge in [-0.25, -0.2) is 0 Å². The highest BCUT2D eigenvalue weighted by Gasteiger charge is 2.37. The Morgan fingerprint density at radius 1 is 0.846 bits per heavy atom. The van der Waals surface area contributed by atoms with Crippen LogP contribution >= 0.6 is 0 Å². The first kappa shape index (κ1) is 27.3. The van der Waals surface area contributed by atoms with Gasteiger partial charge in [0, 0.05) is 18.6 Å². The van der Waals surface area contributed by atoms with Gasteiger partial charge < -0.3 is 5.73 Å². The standard InChI is InChI=1S/C22H16N6O9S2/c23-19-18-12(11-17(39(35,36)37)21(22(18)29)27-24-13-4-2-1-3-5-13)10-16(38(32,33)34)20(19)26-25-14-6-8-15(9-7-14)28(30)31/h1-10H,11,23H2,(H,32,33,34)(H,35,36,37). The molecule has 0 heterocycles. The Morgan fingerprint density at radius 3 is 2.00 bits per heavy atom. The van der Waals surface area contributed by atoms with Crippen molar-refractivity contribution in [2.75, 3.05) is 5.73 Å². The molecule has 0 saturated heterocycles. The van der Waals surface area contributed by atoms with Gasteiger partial charge in [-0.1, -0.05) is 18.2 Å². The monoisotopic (exact) mass is 572 g/mol. The number of hydrogen-bond donors (Lipinski definition) is 3. The van der Waals surface area contributed by atoms with E-state index < -0.39 is 69.8 Å². The van der Waals surface area contributed by atoms with Gasteiger partial charge in [-0.05, 0) is 35.9 Å². The molecule has 0 unspecified atom stereocenters. The third-order valence-electron chi connectivity index (χ3n) is 5.38. The molecule has 0 fully saturated rings. The molecule has 200 valence electrons. The van der Waals surface area contributed by atoms with Crippen molar-refractivity contribution >= 4 is 54.5 Å². The highest BCUT2D eigenvalue weighted by atomic mass is 32.2. The van der Waals surface area contributed by atoms with Crippen molar-refractivity contribution in [3.63, 3.8) is 0 Å². The number of allylic oxidation sites excluding steroid dienone is 2. The molecule has 4 rings (SSSR count). The summed E-state index contributed by atoms with van der Waals surface area (Å²) in [5.41, 5.74) is 3.49. The van der Waals surface area contributed by atoms with Gasteiger partial charge in [-0.3, -0.25) is 24.0 Å². The summed E-state index contributed by atoms with van der Waals surface area (Å²) in [6.45, 7) is 0. The molecule has 0 radical (unpaired) electrons. The number of nitro benzene ring substituents is 1. The van der Waals surface area contributed by atoms with Gasteiger partial charge in [0.25, 0.3) is 25.9 Å². The van der Waals surface area contributed by atoms with Crippen LogP contribution in [0.25, 0.3) is 0 Å². The molecule has 0 atom stereocenters. The van der Waals surface area contributed by atoms with Gasteiger partial charge in [0.15, 0.2) is 5.70 Å². The number of hydrogen-bond acceptors (Lipinski definition) is 12. The van der Waals surface area contributed by atoms with E-state index in [0.29, 0.717) is 0 Å². The van der Waals surface area contributed by atoms with Gasteiger partial charge in [-0.15, -0.1) is 10.2 Å². The number of nitrogen functional groups attached to an aromatic ring is 1. The maximum atomic E-state index is 13.4. The summed E-state index contributed by atoms with van der Waals surface area (Å²) < 4.78 is 68.0. The first-order chi connectivity index (χ1) is 18.3. The van der Waals surface area contributed by atoms with Crippen molar-refractivity contribution in [3.8, 4) is 0 Å². The number of nitrogens with zero attached hydrogens (tertiary/aromatic N) is 5. The van der Waals surface area contributed by atoms with Gasteiger partial charge in [0.1, 0.15) is 15.5 Å². The lowest BCUT2D eigenvalue weighted by molar-refractivity contribution is -0.384. The number of rotatable bonds is 7. The number of nitro groups is 1. The van der Waals surface area contributed by atoms with Gasteiger partial charge in [0.05, 0.1) is 27.5 Å². The molecule has 4 N–H and O–H groups in total. The summed E-state index contributed by atoms with van der Waals surface area (Å²) in [4.78, 5) is 21.8. The highest BCUT2D eigenvalue weighted by Crippen LogP contribution is 2.42. The Morgan fingerprint density at radius 2 is 1.44 bits per heavy atom. The van der Waals surface area contributed by atoms with Crippen molar-refractivity contribution in [2.45, 2.75) is 11.3 Å². The van der Waals surface area contributed by atoms with E-state index in [1.807, 2.05) is 0 Å². The molecule has 1 aliphatic rings. The van der Waals surface area contributed by atoms with Gasteiger partial charge in [-0.2, -0.15) is 27.1 Å². The third kappa shape index (κ3) is 5.75. The normalized spacial score (nSPS) is 14.3. The number of non-ortho nitro benzene ring substituents is 1. The number of carbonyl (C=O) groups is 1. The Balaban J connectivity index is 1.88. The molecule has 0 spiro atoms. The summed E-state index contributed by atoms with van der Waals surface area (Å²) in [5, 5.41) is 25.9. The van der Waals surface area contributed by atoms with E-state index in [-0.39, 0.29) is 22.6 Å². The van der Waals surface area contributed by atoms with Crippen LogP contribution in [0.1, 0.15) is 15.9 Å². The maximum Gasteiger partial charge on any atom is 0.296 e. The zero-order valence-electron chi connectivity index (χ0n) is 19.4. The van der Waals surface area contributed by atoms with Gasteiger partial charge >= 0.3 is 0 Å². The molecule has 1 aliphatic carbocycles. The molecular weight excluding hydrogens is 556 g/mol. The van der Waals surface area contributed by atoms with Crippen molar-refractivity contribution < 1.29 is 35.7 Å². The van der Waals surface area contributed by atoms with E-state index in [0.717, 1.165) is 18.2 Å². The number of carbonyl (C=O) groups excluding carboxylic acids is 1. The van der Waals surface area contributed by atoms with Crippen LogP contribution in [0.5, 0.6) is 0 Å². The fourth-order valence-electron chi connectivity index (χ4n) is 3.60. The van der Waals surface area contributed by atoms with Crippen molar-refractivity contribution in [3.05, 3.63) is 92.5 Å². The Hall–Kier alpha value is -4.71. The zero-order valence-corrected chi connectivity index (χ0v) is 21.0. The lowest BCUT2D eigenvalue weighted by Crippen LogP contribution is -2.22. The minimum absolute atomic E-state index is 0.0382. The Bertz CT molecular complexity index is 1820. The van der Waals surface area contributed by atoms with E-state index in [4.69, 9.17) is 5.73 Å². The van der Waals surface area contributed by atoms with Crippen LogP contribution in [-0.4, -0.2) is 36.6 Å². The number of nitrogens with two attached hydrogens (primary N) is 1. The van der Waals surface area contributed by atoms with Crippen LogP contribution in [-0.2, 0) is 26.7 Å². The smallest absolute Gasteiger partial charge is 0.296 e. The number of fused-ring (bicyclic) bond motifs is 1. The number of azo groups is 2. The maximum absolute atomic E-state index is 13.4. The summed E-state index contributed by atoms with van der Waals surface area (Å²) in [6, 6.07) is 13.4. The average Bonchev–Trinajstić information content (AvgIpc) is 2.86. The second-order valence-corrected chi connectivity index (χ2v) is 10.7. The predicted molar refractivity (Wildman–Crippen MR) is 136 cm³/mol. The van der Waals surface area contributed by atoms with E-state index in [9.17, 15) is 40.8 Å². The topological polar surface area (TPSA) is 244 Å². The van der Waals surface area contributed by atoms with Crippen LogP contribution in [0.2, 0.25) is 0 Å². The van der Waals surface area contributed by atoms with E-state index >= 15 is 0 Å². The van der Waals surface area contributed by atoms with Crippen molar-refractivity contribution in [1.82, 2.24) is 0 Å². The first-order valence-electron chi connectivity index (χ1n) is 10.6. The largest absolute Gasteiger partial charge is 0.396 e. The zero-order chi connectivity index (χ0) is 28.5.